The van der Waals surface area contributed by atoms with E-state index in [0.717, 1.165) is 24.8 Å². The minimum atomic E-state index is -0.714. The van der Waals surface area contributed by atoms with E-state index in [1.54, 1.807) is 31.3 Å². The van der Waals surface area contributed by atoms with Crippen molar-refractivity contribution in [1.29, 1.82) is 0 Å². The Hall–Kier alpha value is -4.48. The third-order valence-electron chi connectivity index (χ3n) is 9.16. The summed E-state index contributed by atoms with van der Waals surface area (Å²) in [6, 6.07) is 8.07. The van der Waals surface area contributed by atoms with Crippen molar-refractivity contribution in [2.75, 3.05) is 0 Å². The number of aromatic nitrogens is 4. The quantitative estimate of drug-likeness (QED) is 0.319. The second-order valence-corrected chi connectivity index (χ2v) is 11.2. The molecular formula is C28H30N6O6. The lowest BCUT2D eigenvalue weighted by Crippen LogP contribution is -2.54. The Morgan fingerprint density at radius 3 is 2.50 bits per heavy atom. The van der Waals surface area contributed by atoms with Crippen LogP contribution in [0.15, 0.2) is 45.7 Å². The fourth-order valence-corrected chi connectivity index (χ4v) is 6.35. The van der Waals surface area contributed by atoms with Crippen molar-refractivity contribution in [3.8, 4) is 0 Å². The number of hydrogen-bond donors (Lipinski definition) is 3. The van der Waals surface area contributed by atoms with Gasteiger partial charge in [0.25, 0.3) is 11.8 Å². The zero-order chi connectivity index (χ0) is 28.2. The average Bonchev–Trinajstić information content (AvgIpc) is 3.55. The zero-order valence-electron chi connectivity index (χ0n) is 22.3. The van der Waals surface area contributed by atoms with Gasteiger partial charge in [0, 0.05) is 31.8 Å². The van der Waals surface area contributed by atoms with Gasteiger partial charge in [0.1, 0.15) is 11.4 Å². The molecule has 7 rings (SSSR count). The molecule has 2 amide bonds. The van der Waals surface area contributed by atoms with E-state index in [2.05, 4.69) is 20.7 Å². The number of oxazole rings is 1. The maximum absolute atomic E-state index is 13.5. The van der Waals surface area contributed by atoms with Crippen LogP contribution < -0.4 is 16.4 Å². The van der Waals surface area contributed by atoms with Gasteiger partial charge in [-0.3, -0.25) is 19.0 Å². The summed E-state index contributed by atoms with van der Waals surface area (Å²) in [5.74, 6) is -2.02. The van der Waals surface area contributed by atoms with Gasteiger partial charge in [-0.2, -0.15) is 5.10 Å². The molecule has 3 aliphatic carbocycles. The summed E-state index contributed by atoms with van der Waals surface area (Å²) in [5.41, 5.74) is 1.69. The molecule has 3 aromatic heterocycles. The molecule has 3 heterocycles. The van der Waals surface area contributed by atoms with Gasteiger partial charge in [0.2, 0.25) is 0 Å². The Morgan fingerprint density at radius 1 is 1.07 bits per heavy atom. The van der Waals surface area contributed by atoms with E-state index in [9.17, 15) is 24.3 Å². The number of aryl methyl sites for hydroxylation is 1. The summed E-state index contributed by atoms with van der Waals surface area (Å²) < 4.78 is 7.95. The maximum Gasteiger partial charge on any atom is 0.419 e. The number of carboxylic acid groups (broad SMARTS) is 1. The molecule has 40 heavy (non-hydrogen) atoms. The summed E-state index contributed by atoms with van der Waals surface area (Å²) in [4.78, 5) is 54.6. The summed E-state index contributed by atoms with van der Waals surface area (Å²) in [5, 5.41) is 19.9. The molecule has 0 saturated heterocycles. The van der Waals surface area contributed by atoms with Gasteiger partial charge in [0.05, 0.1) is 17.1 Å². The molecule has 3 aliphatic rings. The lowest BCUT2D eigenvalue weighted by molar-refractivity contribution is -0.159. The molecule has 3 fully saturated rings. The van der Waals surface area contributed by atoms with E-state index in [1.165, 1.54) is 21.3 Å². The standard InChI is InChI=1S/C28H30N6O6/c1-16(27-6-9-28(10-7-27,11-8-27)25(37)38)31-24(36)20-14-18(32-22-5-12-30-34(20)22)23(35)29-15-17-3-4-21-19(13-17)33(2)26(39)40-21/h3-5,12-14,16H,6-11,15H2,1-2H3,(H,29,35)(H,31,36)(H,37,38). The summed E-state index contributed by atoms with van der Waals surface area (Å²) in [6.07, 6.45) is 5.63. The van der Waals surface area contributed by atoms with Gasteiger partial charge in [-0.15, -0.1) is 0 Å². The molecule has 0 spiro atoms. The monoisotopic (exact) mass is 546 g/mol. The summed E-state index contributed by atoms with van der Waals surface area (Å²) in [6.45, 7) is 2.15. The highest BCUT2D eigenvalue weighted by molar-refractivity contribution is 5.98. The van der Waals surface area contributed by atoms with E-state index in [0.29, 0.717) is 36.0 Å². The predicted octanol–water partition coefficient (Wildman–Crippen LogP) is 2.65. The molecule has 3 N–H and O–H groups in total. The predicted molar refractivity (Wildman–Crippen MR) is 143 cm³/mol. The highest BCUT2D eigenvalue weighted by atomic mass is 16.4. The fourth-order valence-electron chi connectivity index (χ4n) is 6.35. The number of nitrogens with zero attached hydrogens (tertiary/aromatic N) is 4. The molecule has 1 atom stereocenters. The number of fused-ring (bicyclic) bond motifs is 5. The van der Waals surface area contributed by atoms with Crippen LogP contribution in [0, 0.1) is 10.8 Å². The number of carboxylic acids is 1. The van der Waals surface area contributed by atoms with Crippen LogP contribution >= 0.6 is 0 Å². The molecule has 12 nitrogen and oxygen atoms in total. The first-order valence-corrected chi connectivity index (χ1v) is 13.4. The second-order valence-electron chi connectivity index (χ2n) is 11.2. The van der Waals surface area contributed by atoms with Gasteiger partial charge in [-0.25, -0.2) is 14.3 Å². The Morgan fingerprint density at radius 2 is 1.80 bits per heavy atom. The number of carbonyl (C=O) groups excluding carboxylic acids is 2. The Kier molecular flexibility index (Phi) is 6.00. The maximum atomic E-state index is 13.5. The molecule has 12 heteroatoms. The van der Waals surface area contributed by atoms with Gasteiger partial charge in [0.15, 0.2) is 11.2 Å². The van der Waals surface area contributed by atoms with Crippen LogP contribution in [-0.4, -0.2) is 48.1 Å². The first-order valence-electron chi connectivity index (χ1n) is 13.4. The zero-order valence-corrected chi connectivity index (χ0v) is 22.3. The highest BCUT2D eigenvalue weighted by Gasteiger charge is 2.54. The van der Waals surface area contributed by atoms with Crippen LogP contribution in [0.3, 0.4) is 0 Å². The Labute approximate surface area is 228 Å². The Bertz CT molecular complexity index is 1710. The van der Waals surface area contributed by atoms with E-state index in [-0.39, 0.29) is 35.3 Å². The van der Waals surface area contributed by atoms with Crippen LogP contribution in [-0.2, 0) is 18.4 Å². The van der Waals surface area contributed by atoms with E-state index >= 15 is 0 Å². The van der Waals surface area contributed by atoms with E-state index in [4.69, 9.17) is 4.42 Å². The molecule has 3 saturated carbocycles. The van der Waals surface area contributed by atoms with Gasteiger partial charge >= 0.3 is 11.7 Å². The van der Waals surface area contributed by atoms with Crippen molar-refractivity contribution >= 4 is 34.5 Å². The van der Waals surface area contributed by atoms with Crippen molar-refractivity contribution in [2.24, 2.45) is 17.9 Å². The molecule has 1 unspecified atom stereocenters. The van der Waals surface area contributed by atoms with Gasteiger partial charge < -0.3 is 20.2 Å². The number of nitrogens with one attached hydrogen (secondary N) is 2. The van der Waals surface area contributed by atoms with E-state index < -0.39 is 23.0 Å². The molecule has 1 aromatic carbocycles. The minimum Gasteiger partial charge on any atom is -0.481 e. The van der Waals surface area contributed by atoms with Crippen molar-refractivity contribution in [3.05, 3.63) is 64.0 Å². The lowest BCUT2D eigenvalue weighted by atomic mass is 9.52. The average molecular weight is 547 g/mol. The molecule has 2 bridgehead atoms. The van der Waals surface area contributed by atoms with Crippen LogP contribution in [0.4, 0.5) is 0 Å². The number of rotatable bonds is 7. The number of amides is 2. The number of aliphatic carboxylic acids is 1. The largest absolute Gasteiger partial charge is 0.481 e. The van der Waals surface area contributed by atoms with Crippen molar-refractivity contribution < 1.29 is 23.9 Å². The summed E-state index contributed by atoms with van der Waals surface area (Å²) >= 11 is 0. The van der Waals surface area contributed by atoms with Gasteiger partial charge in [-0.1, -0.05) is 6.07 Å². The third-order valence-corrected chi connectivity index (χ3v) is 9.16. The summed E-state index contributed by atoms with van der Waals surface area (Å²) in [7, 11) is 1.61. The smallest absolute Gasteiger partial charge is 0.419 e. The molecule has 4 aromatic rings. The molecular weight excluding hydrogens is 516 g/mol. The SMILES string of the molecule is CC(NC(=O)c1cc(C(=O)NCc2ccc3oc(=O)n(C)c3c2)nc2ccnn12)C12CCC(C(=O)O)(CC1)CC2. The number of benzene rings is 1. The van der Waals surface area contributed by atoms with Crippen molar-refractivity contribution in [3.63, 3.8) is 0 Å². The number of carbonyl (C=O) groups is 3. The lowest BCUT2D eigenvalue weighted by Gasteiger charge is -2.54. The van der Waals surface area contributed by atoms with Gasteiger partial charge in [-0.05, 0) is 68.6 Å². The third kappa shape index (κ3) is 4.14. The van der Waals surface area contributed by atoms with Crippen LogP contribution in [0.2, 0.25) is 0 Å². The molecule has 0 radical (unpaired) electrons. The Balaban J connectivity index is 1.19. The fraction of sp³-hybridized carbons (Fsp3) is 0.429. The van der Waals surface area contributed by atoms with Crippen LogP contribution in [0.25, 0.3) is 16.7 Å². The first-order chi connectivity index (χ1) is 19.1. The van der Waals surface area contributed by atoms with E-state index in [1.807, 2.05) is 6.92 Å². The highest BCUT2D eigenvalue weighted by Crippen LogP contribution is 2.58. The second kappa shape index (κ2) is 9.32. The molecule has 208 valence electrons. The van der Waals surface area contributed by atoms with Crippen molar-refractivity contribution in [2.45, 2.75) is 58.0 Å². The normalized spacial score (nSPS) is 22.9. The van der Waals surface area contributed by atoms with Crippen LogP contribution in [0.5, 0.6) is 0 Å². The van der Waals surface area contributed by atoms with Crippen molar-refractivity contribution in [1.82, 2.24) is 29.8 Å². The topological polar surface area (TPSA) is 161 Å². The first kappa shape index (κ1) is 25.8. The minimum absolute atomic E-state index is 0.0716. The van der Waals surface area contributed by atoms with Crippen LogP contribution in [0.1, 0.15) is 72.0 Å². The number of hydrogen-bond acceptors (Lipinski definition) is 7. The molecule has 0 aliphatic heterocycles.